The van der Waals surface area contributed by atoms with Crippen LogP contribution < -0.4 is 10.1 Å². The number of carbonyl (C=O) groups is 1. The second-order valence-electron chi connectivity index (χ2n) is 6.08. The van der Waals surface area contributed by atoms with Crippen LogP contribution in [0.2, 0.25) is 0 Å². The average molecular weight is 349 g/mol. The normalized spacial score (nSPS) is 10.5. The molecule has 0 saturated heterocycles. The number of pyridine rings is 1. The molecule has 1 N–H and O–H groups in total. The Labute approximate surface area is 153 Å². The summed E-state index contributed by atoms with van der Waals surface area (Å²) in [4.78, 5) is 16.8. The molecule has 0 aliphatic carbocycles. The van der Waals surface area contributed by atoms with Crippen LogP contribution >= 0.6 is 0 Å². The fourth-order valence-corrected chi connectivity index (χ4v) is 2.88. The third-order valence-corrected chi connectivity index (χ3v) is 4.19. The van der Waals surface area contributed by atoms with Crippen LogP contribution in [0.3, 0.4) is 0 Å². The van der Waals surface area contributed by atoms with Gasteiger partial charge in [-0.15, -0.1) is 0 Å². The van der Waals surface area contributed by atoms with Gasteiger partial charge in [0.25, 0.3) is 5.91 Å². The molecule has 134 valence electrons. The number of aromatic nitrogens is 2. The van der Waals surface area contributed by atoms with Gasteiger partial charge < -0.3 is 14.6 Å². The summed E-state index contributed by atoms with van der Waals surface area (Å²) in [6.45, 7) is 3.36. The van der Waals surface area contributed by atoms with Crippen molar-refractivity contribution in [3.05, 3.63) is 72.3 Å². The van der Waals surface area contributed by atoms with Gasteiger partial charge in [-0.1, -0.05) is 19.1 Å². The van der Waals surface area contributed by atoms with Crippen LogP contribution in [0.15, 0.2) is 61.1 Å². The van der Waals surface area contributed by atoms with Gasteiger partial charge in [-0.25, -0.2) is 0 Å². The summed E-state index contributed by atoms with van der Waals surface area (Å²) in [7, 11) is 1.63. The number of hydrogen-bond acceptors (Lipinski definition) is 3. The summed E-state index contributed by atoms with van der Waals surface area (Å²) in [6.07, 6.45) is 6.50. The zero-order valence-corrected chi connectivity index (χ0v) is 15.1. The Bertz CT molecular complexity index is 872. The second-order valence-corrected chi connectivity index (χ2v) is 6.08. The lowest BCUT2D eigenvalue weighted by Gasteiger charge is -2.09. The number of carbonyl (C=O) groups excluding carboxylic acids is 1. The molecule has 1 amide bonds. The van der Waals surface area contributed by atoms with Crippen LogP contribution in [0.25, 0.3) is 11.1 Å². The highest BCUT2D eigenvalue weighted by atomic mass is 16.5. The number of methoxy groups -OCH3 is 1. The second kappa shape index (κ2) is 8.34. The quantitative estimate of drug-likeness (QED) is 0.704. The van der Waals surface area contributed by atoms with Crippen molar-refractivity contribution in [2.24, 2.45) is 0 Å². The Morgan fingerprint density at radius 3 is 2.69 bits per heavy atom. The molecule has 2 aromatic heterocycles. The fourth-order valence-electron chi connectivity index (χ4n) is 2.88. The van der Waals surface area contributed by atoms with Crippen molar-refractivity contribution < 1.29 is 9.53 Å². The van der Waals surface area contributed by atoms with Crippen molar-refractivity contribution in [2.75, 3.05) is 7.11 Å². The topological polar surface area (TPSA) is 56.2 Å². The monoisotopic (exact) mass is 349 g/mol. The summed E-state index contributed by atoms with van der Waals surface area (Å²) in [5.74, 6) is 0.702. The minimum absolute atomic E-state index is 0.0819. The Morgan fingerprint density at radius 1 is 1.15 bits per heavy atom. The van der Waals surface area contributed by atoms with E-state index in [4.69, 9.17) is 4.74 Å². The first-order valence-corrected chi connectivity index (χ1v) is 8.73. The minimum atomic E-state index is -0.0819. The third kappa shape index (κ3) is 4.11. The van der Waals surface area contributed by atoms with Gasteiger partial charge in [-0.05, 0) is 47.9 Å². The zero-order valence-electron chi connectivity index (χ0n) is 15.1. The molecular weight excluding hydrogens is 326 g/mol. The lowest BCUT2D eigenvalue weighted by molar-refractivity contribution is 0.0941. The SMILES string of the molecule is CCCn1cc(-c2ccncc2)cc1C(=O)NCc1cccc(OC)c1. The maximum atomic E-state index is 12.7. The van der Waals surface area contributed by atoms with Gasteiger partial charge in [0.2, 0.25) is 0 Å². The van der Waals surface area contributed by atoms with Gasteiger partial charge in [0.1, 0.15) is 11.4 Å². The first kappa shape index (κ1) is 17.7. The van der Waals surface area contributed by atoms with Crippen molar-refractivity contribution in [2.45, 2.75) is 26.4 Å². The molecule has 3 rings (SSSR count). The summed E-state index contributed by atoms with van der Waals surface area (Å²) in [6, 6.07) is 13.5. The molecule has 0 atom stereocenters. The highest BCUT2D eigenvalue weighted by molar-refractivity contribution is 5.94. The lowest BCUT2D eigenvalue weighted by atomic mass is 10.1. The maximum absolute atomic E-state index is 12.7. The largest absolute Gasteiger partial charge is 0.497 e. The van der Waals surface area contributed by atoms with Gasteiger partial charge in [-0.2, -0.15) is 0 Å². The standard InChI is InChI=1S/C21H23N3O2/c1-3-11-24-15-18(17-7-9-22-10-8-17)13-20(24)21(25)23-14-16-5-4-6-19(12-16)26-2/h4-10,12-13,15H,3,11,14H2,1-2H3,(H,23,25). The molecule has 0 spiro atoms. The summed E-state index contributed by atoms with van der Waals surface area (Å²) in [5.41, 5.74) is 3.74. The lowest BCUT2D eigenvalue weighted by Crippen LogP contribution is -2.25. The number of hydrogen-bond donors (Lipinski definition) is 1. The molecule has 0 aliphatic heterocycles. The van der Waals surface area contributed by atoms with E-state index < -0.39 is 0 Å². The van der Waals surface area contributed by atoms with Gasteiger partial charge >= 0.3 is 0 Å². The van der Waals surface area contributed by atoms with Crippen molar-refractivity contribution in [1.82, 2.24) is 14.9 Å². The van der Waals surface area contributed by atoms with E-state index in [-0.39, 0.29) is 5.91 Å². The Kier molecular flexibility index (Phi) is 5.69. The van der Waals surface area contributed by atoms with E-state index in [2.05, 4.69) is 17.2 Å². The Morgan fingerprint density at radius 2 is 1.96 bits per heavy atom. The molecule has 0 saturated carbocycles. The van der Waals surface area contributed by atoms with Crippen LogP contribution in [0.4, 0.5) is 0 Å². The van der Waals surface area contributed by atoms with E-state index >= 15 is 0 Å². The van der Waals surface area contributed by atoms with Crippen molar-refractivity contribution in [1.29, 1.82) is 0 Å². The molecule has 5 heteroatoms. The van der Waals surface area contributed by atoms with Gasteiger partial charge in [0, 0.05) is 37.2 Å². The van der Waals surface area contributed by atoms with E-state index in [0.29, 0.717) is 12.2 Å². The molecule has 5 nitrogen and oxygen atoms in total. The molecule has 0 unspecified atom stereocenters. The van der Waals surface area contributed by atoms with Crippen molar-refractivity contribution in [3.8, 4) is 16.9 Å². The molecule has 0 bridgehead atoms. The zero-order chi connectivity index (χ0) is 18.4. The van der Waals surface area contributed by atoms with E-state index in [1.165, 1.54) is 0 Å². The molecule has 1 aromatic carbocycles. The predicted octanol–water partition coefficient (Wildman–Crippen LogP) is 3.90. The fraction of sp³-hybridized carbons (Fsp3) is 0.238. The van der Waals surface area contributed by atoms with E-state index in [1.54, 1.807) is 19.5 Å². The summed E-state index contributed by atoms with van der Waals surface area (Å²) >= 11 is 0. The van der Waals surface area contributed by atoms with Crippen LogP contribution in [0.5, 0.6) is 5.75 Å². The van der Waals surface area contributed by atoms with Crippen LogP contribution in [0, 0.1) is 0 Å². The number of nitrogens with one attached hydrogen (secondary N) is 1. The van der Waals surface area contributed by atoms with Crippen molar-refractivity contribution >= 4 is 5.91 Å². The number of benzene rings is 1. The van der Waals surface area contributed by atoms with E-state index in [0.717, 1.165) is 35.4 Å². The van der Waals surface area contributed by atoms with Gasteiger partial charge in [-0.3, -0.25) is 9.78 Å². The van der Waals surface area contributed by atoms with E-state index in [1.807, 2.05) is 53.2 Å². The molecule has 3 aromatic rings. The first-order chi connectivity index (χ1) is 12.7. The van der Waals surface area contributed by atoms with Crippen LogP contribution in [0.1, 0.15) is 29.4 Å². The van der Waals surface area contributed by atoms with Crippen LogP contribution in [-0.4, -0.2) is 22.6 Å². The predicted molar refractivity (Wildman–Crippen MR) is 102 cm³/mol. The molecular formula is C21H23N3O2. The highest BCUT2D eigenvalue weighted by Gasteiger charge is 2.14. The highest BCUT2D eigenvalue weighted by Crippen LogP contribution is 2.22. The average Bonchev–Trinajstić information content (AvgIpc) is 3.11. The molecule has 0 aliphatic rings. The summed E-state index contributed by atoms with van der Waals surface area (Å²) in [5, 5.41) is 3.00. The molecule has 26 heavy (non-hydrogen) atoms. The van der Waals surface area contributed by atoms with Gasteiger partial charge in [0.15, 0.2) is 0 Å². The third-order valence-electron chi connectivity index (χ3n) is 4.19. The van der Waals surface area contributed by atoms with Crippen molar-refractivity contribution in [3.63, 3.8) is 0 Å². The number of nitrogens with zero attached hydrogens (tertiary/aromatic N) is 2. The number of ether oxygens (including phenoxy) is 1. The molecule has 0 radical (unpaired) electrons. The Balaban J connectivity index is 1.78. The minimum Gasteiger partial charge on any atom is -0.497 e. The van der Waals surface area contributed by atoms with E-state index in [9.17, 15) is 4.79 Å². The maximum Gasteiger partial charge on any atom is 0.268 e. The first-order valence-electron chi connectivity index (χ1n) is 8.73. The molecule has 2 heterocycles. The number of aryl methyl sites for hydroxylation is 1. The van der Waals surface area contributed by atoms with Gasteiger partial charge in [0.05, 0.1) is 7.11 Å². The van der Waals surface area contributed by atoms with Crippen LogP contribution in [-0.2, 0) is 13.1 Å². The number of amides is 1. The Hall–Kier alpha value is -3.08. The summed E-state index contributed by atoms with van der Waals surface area (Å²) < 4.78 is 7.24. The smallest absolute Gasteiger partial charge is 0.268 e. The molecule has 0 fully saturated rings. The number of rotatable bonds is 7.